The molecule has 3 aromatic carbocycles. The molecular weight excluding hydrogens is 491 g/mol. The number of hydrogen-bond donors (Lipinski definition) is 1. The fraction of sp³-hybridized carbons (Fsp3) is 0.259. The van der Waals surface area contributed by atoms with Crippen LogP contribution in [0, 0.1) is 0 Å². The zero-order chi connectivity index (χ0) is 24.7. The van der Waals surface area contributed by atoms with Crippen LogP contribution in [0.1, 0.15) is 30.5 Å². The van der Waals surface area contributed by atoms with Gasteiger partial charge in [-0.15, -0.1) is 0 Å². The Morgan fingerprint density at radius 3 is 2.18 bits per heavy atom. The molecule has 0 spiro atoms. The van der Waals surface area contributed by atoms with Gasteiger partial charge in [0.1, 0.15) is 6.04 Å². The lowest BCUT2D eigenvalue weighted by atomic mass is 10.0. The first-order valence-corrected chi connectivity index (χ1v) is 12.2. The molecule has 0 heterocycles. The molecule has 3 rings (SSSR count). The lowest BCUT2D eigenvalue weighted by Crippen LogP contribution is -2.52. The first-order chi connectivity index (χ1) is 16.2. The van der Waals surface area contributed by atoms with Gasteiger partial charge in [-0.2, -0.15) is 0 Å². The molecule has 34 heavy (non-hydrogen) atoms. The van der Waals surface area contributed by atoms with Crippen LogP contribution in [0.5, 0.6) is 0 Å². The quantitative estimate of drug-likeness (QED) is 0.359. The summed E-state index contributed by atoms with van der Waals surface area (Å²) >= 11 is 18.7. The van der Waals surface area contributed by atoms with Gasteiger partial charge in [0, 0.05) is 34.1 Å². The van der Waals surface area contributed by atoms with Crippen molar-refractivity contribution < 1.29 is 9.59 Å². The molecule has 2 amide bonds. The van der Waals surface area contributed by atoms with E-state index in [0.717, 1.165) is 11.1 Å². The minimum absolute atomic E-state index is 0.0743. The zero-order valence-corrected chi connectivity index (χ0v) is 21.4. The maximum atomic E-state index is 13.7. The number of nitrogens with zero attached hydrogens (tertiary/aromatic N) is 1. The highest BCUT2D eigenvalue weighted by atomic mass is 35.5. The summed E-state index contributed by atoms with van der Waals surface area (Å²) in [5.74, 6) is -0.420. The van der Waals surface area contributed by atoms with Crippen molar-refractivity contribution in [2.75, 3.05) is 0 Å². The summed E-state index contributed by atoms with van der Waals surface area (Å²) in [7, 11) is 0. The van der Waals surface area contributed by atoms with Crippen molar-refractivity contribution in [2.45, 2.75) is 45.3 Å². The molecule has 0 fully saturated rings. The van der Waals surface area contributed by atoms with E-state index < -0.39 is 6.04 Å². The second-order valence-corrected chi connectivity index (χ2v) is 9.71. The minimum Gasteiger partial charge on any atom is -0.352 e. The number of hydrogen-bond acceptors (Lipinski definition) is 2. The van der Waals surface area contributed by atoms with E-state index in [1.165, 1.54) is 0 Å². The van der Waals surface area contributed by atoms with Crippen molar-refractivity contribution >= 4 is 46.6 Å². The molecule has 1 unspecified atom stereocenters. The lowest BCUT2D eigenvalue weighted by Gasteiger charge is -2.32. The molecule has 1 N–H and O–H groups in total. The van der Waals surface area contributed by atoms with E-state index in [1.54, 1.807) is 41.3 Å². The summed E-state index contributed by atoms with van der Waals surface area (Å²) < 4.78 is 0. The molecule has 7 heteroatoms. The summed E-state index contributed by atoms with van der Waals surface area (Å²) in [6.07, 6.45) is 0.470. The smallest absolute Gasteiger partial charge is 0.243 e. The summed E-state index contributed by atoms with van der Waals surface area (Å²) in [6.45, 7) is 3.95. The number of amides is 2. The van der Waals surface area contributed by atoms with Crippen LogP contribution in [-0.4, -0.2) is 28.8 Å². The summed E-state index contributed by atoms with van der Waals surface area (Å²) in [4.78, 5) is 28.6. The minimum atomic E-state index is -0.733. The van der Waals surface area contributed by atoms with E-state index in [2.05, 4.69) is 5.32 Å². The van der Waals surface area contributed by atoms with Crippen molar-refractivity contribution in [3.05, 3.63) is 105 Å². The molecule has 4 nitrogen and oxygen atoms in total. The van der Waals surface area contributed by atoms with Gasteiger partial charge in [-0.25, -0.2) is 0 Å². The molecule has 0 aromatic heterocycles. The van der Waals surface area contributed by atoms with Crippen LogP contribution in [0.2, 0.25) is 15.1 Å². The standard InChI is InChI=1S/C27H27Cl3N2O2/c1-18(2)31-27(34)25(14-19-7-4-3-5-8-19)32(17-21-11-12-23(29)16-24(21)30)26(33)15-20-9-6-10-22(28)13-20/h3-13,16,18,25H,14-15,17H2,1-2H3,(H,31,34). The van der Waals surface area contributed by atoms with Crippen molar-refractivity contribution in [3.8, 4) is 0 Å². The third-order valence-corrected chi connectivity index (χ3v) is 6.12. The predicted molar refractivity (Wildman–Crippen MR) is 139 cm³/mol. The van der Waals surface area contributed by atoms with Crippen LogP contribution in [0.15, 0.2) is 72.8 Å². The van der Waals surface area contributed by atoms with Crippen LogP contribution in [0.25, 0.3) is 0 Å². The largest absolute Gasteiger partial charge is 0.352 e. The van der Waals surface area contributed by atoms with Crippen LogP contribution >= 0.6 is 34.8 Å². The van der Waals surface area contributed by atoms with Gasteiger partial charge in [0.2, 0.25) is 11.8 Å². The summed E-state index contributed by atoms with van der Waals surface area (Å²) in [5.41, 5.74) is 2.43. The van der Waals surface area contributed by atoms with Crippen molar-refractivity contribution in [1.82, 2.24) is 10.2 Å². The fourth-order valence-corrected chi connectivity index (χ4v) is 4.37. The highest BCUT2D eigenvalue weighted by Gasteiger charge is 2.31. The number of rotatable bonds is 9. The number of carbonyl (C=O) groups excluding carboxylic acids is 2. The molecule has 178 valence electrons. The number of nitrogens with one attached hydrogen (secondary N) is 1. The van der Waals surface area contributed by atoms with Crippen molar-refractivity contribution in [2.24, 2.45) is 0 Å². The molecule has 0 aliphatic heterocycles. The second-order valence-electron chi connectivity index (χ2n) is 8.43. The van der Waals surface area contributed by atoms with E-state index in [1.807, 2.05) is 50.2 Å². The first-order valence-electron chi connectivity index (χ1n) is 11.0. The van der Waals surface area contributed by atoms with E-state index in [-0.39, 0.29) is 30.8 Å². The fourth-order valence-electron chi connectivity index (χ4n) is 3.69. The van der Waals surface area contributed by atoms with Gasteiger partial charge < -0.3 is 10.2 Å². The van der Waals surface area contributed by atoms with Gasteiger partial charge in [-0.3, -0.25) is 9.59 Å². The van der Waals surface area contributed by atoms with Gasteiger partial charge in [-0.1, -0.05) is 83.3 Å². The molecule has 3 aromatic rings. The Hall–Kier alpha value is -2.53. The van der Waals surface area contributed by atoms with E-state index >= 15 is 0 Å². The van der Waals surface area contributed by atoms with Gasteiger partial charge in [0.05, 0.1) is 6.42 Å². The second kappa shape index (κ2) is 12.3. The number of halogens is 3. The lowest BCUT2D eigenvalue weighted by molar-refractivity contribution is -0.141. The third-order valence-electron chi connectivity index (χ3n) is 5.30. The highest BCUT2D eigenvalue weighted by Crippen LogP contribution is 2.25. The molecule has 0 bridgehead atoms. The van der Waals surface area contributed by atoms with Crippen LogP contribution in [-0.2, 0) is 29.0 Å². The summed E-state index contributed by atoms with van der Waals surface area (Å²) in [6, 6.07) is 21.2. The maximum Gasteiger partial charge on any atom is 0.243 e. The average molecular weight is 518 g/mol. The van der Waals surface area contributed by atoms with Crippen molar-refractivity contribution in [3.63, 3.8) is 0 Å². The molecule has 0 aliphatic rings. The van der Waals surface area contributed by atoms with Crippen LogP contribution in [0.3, 0.4) is 0 Å². The molecule has 1 atom stereocenters. The Morgan fingerprint density at radius 1 is 0.853 bits per heavy atom. The third kappa shape index (κ3) is 7.49. The predicted octanol–water partition coefficient (Wildman–Crippen LogP) is 6.35. The Bertz CT molecular complexity index is 1140. The molecule has 0 saturated carbocycles. The summed E-state index contributed by atoms with van der Waals surface area (Å²) in [5, 5.41) is 4.47. The van der Waals surface area contributed by atoms with Gasteiger partial charge in [0.15, 0.2) is 0 Å². The molecular formula is C27H27Cl3N2O2. The van der Waals surface area contributed by atoms with Gasteiger partial charge in [-0.05, 0) is 54.8 Å². The Balaban J connectivity index is 2.00. The van der Waals surface area contributed by atoms with E-state index in [9.17, 15) is 9.59 Å². The van der Waals surface area contributed by atoms with E-state index in [4.69, 9.17) is 34.8 Å². The number of carbonyl (C=O) groups is 2. The molecule has 0 radical (unpaired) electrons. The Kier molecular flexibility index (Phi) is 9.40. The molecule has 0 saturated heterocycles. The number of benzene rings is 3. The first kappa shape index (κ1) is 26.1. The average Bonchev–Trinajstić information content (AvgIpc) is 2.77. The molecule has 0 aliphatic carbocycles. The monoisotopic (exact) mass is 516 g/mol. The van der Waals surface area contributed by atoms with Gasteiger partial charge >= 0.3 is 0 Å². The van der Waals surface area contributed by atoms with Crippen molar-refractivity contribution in [1.29, 1.82) is 0 Å². The normalized spacial score (nSPS) is 11.8. The van der Waals surface area contributed by atoms with E-state index in [0.29, 0.717) is 27.1 Å². The zero-order valence-electron chi connectivity index (χ0n) is 19.1. The van der Waals surface area contributed by atoms with Gasteiger partial charge in [0.25, 0.3) is 0 Å². The Morgan fingerprint density at radius 2 is 1.53 bits per heavy atom. The van der Waals surface area contributed by atoms with Crippen LogP contribution < -0.4 is 5.32 Å². The highest BCUT2D eigenvalue weighted by molar-refractivity contribution is 6.35. The maximum absolute atomic E-state index is 13.7. The Labute approximate surface area is 215 Å². The van der Waals surface area contributed by atoms with Crippen LogP contribution in [0.4, 0.5) is 0 Å². The topological polar surface area (TPSA) is 49.4 Å². The SMILES string of the molecule is CC(C)NC(=O)C(Cc1ccccc1)N(Cc1ccc(Cl)cc1Cl)C(=O)Cc1cccc(Cl)c1.